The molecule has 1 aromatic carbocycles. The molecule has 2 aromatic rings. The summed E-state index contributed by atoms with van der Waals surface area (Å²) >= 11 is 1.46. The van der Waals surface area contributed by atoms with Crippen LogP contribution in [0.4, 0.5) is 4.39 Å². The number of fused-ring (bicyclic) bond motifs is 1. The number of aryl methyl sites for hydroxylation is 1. The molecule has 1 N–H and O–H groups in total. The van der Waals surface area contributed by atoms with Crippen LogP contribution in [0.25, 0.3) is 10.1 Å². The number of aromatic carboxylic acids is 1. The van der Waals surface area contributed by atoms with Gasteiger partial charge in [0.25, 0.3) is 0 Å². The van der Waals surface area contributed by atoms with Crippen molar-refractivity contribution in [3.63, 3.8) is 0 Å². The highest BCUT2D eigenvalue weighted by Gasteiger charge is 2.12. The molecule has 0 fully saturated rings. The van der Waals surface area contributed by atoms with Crippen molar-refractivity contribution in [2.45, 2.75) is 6.92 Å². The maximum atomic E-state index is 13.2. The van der Waals surface area contributed by atoms with Crippen LogP contribution in [-0.2, 0) is 0 Å². The zero-order valence-electron chi connectivity index (χ0n) is 7.37. The Kier molecular flexibility index (Phi) is 2.00. The molecule has 0 saturated heterocycles. The molecule has 0 aliphatic rings. The van der Waals surface area contributed by atoms with Crippen molar-refractivity contribution < 1.29 is 14.3 Å². The second kappa shape index (κ2) is 3.06. The van der Waals surface area contributed by atoms with Crippen LogP contribution >= 0.6 is 11.3 Å². The Labute approximate surface area is 83.6 Å². The van der Waals surface area contributed by atoms with E-state index in [1.807, 2.05) is 13.0 Å². The van der Waals surface area contributed by atoms with Gasteiger partial charge in [0, 0.05) is 9.58 Å². The van der Waals surface area contributed by atoms with E-state index in [4.69, 9.17) is 5.11 Å². The van der Waals surface area contributed by atoms with Crippen LogP contribution in [0.1, 0.15) is 15.2 Å². The lowest BCUT2D eigenvalue weighted by Crippen LogP contribution is -1.99. The minimum atomic E-state index is -1.23. The van der Waals surface area contributed by atoms with E-state index in [9.17, 15) is 9.18 Å². The lowest BCUT2D eigenvalue weighted by atomic mass is 10.1. The summed E-state index contributed by atoms with van der Waals surface area (Å²) in [7, 11) is 0. The minimum absolute atomic E-state index is 0.264. The largest absolute Gasteiger partial charge is 0.478 e. The summed E-state index contributed by atoms with van der Waals surface area (Å²) in [5.41, 5.74) is -0.264. The first-order chi connectivity index (χ1) is 6.58. The van der Waals surface area contributed by atoms with Gasteiger partial charge in [-0.05, 0) is 30.5 Å². The molecule has 72 valence electrons. The number of thiophene rings is 1. The zero-order chi connectivity index (χ0) is 10.3. The molecule has 0 bridgehead atoms. The molecule has 14 heavy (non-hydrogen) atoms. The van der Waals surface area contributed by atoms with E-state index in [0.717, 1.165) is 15.0 Å². The van der Waals surface area contributed by atoms with Gasteiger partial charge in [-0.1, -0.05) is 0 Å². The van der Waals surface area contributed by atoms with Gasteiger partial charge in [-0.2, -0.15) is 0 Å². The van der Waals surface area contributed by atoms with Gasteiger partial charge in [0.1, 0.15) is 5.82 Å². The van der Waals surface area contributed by atoms with Crippen molar-refractivity contribution in [2.75, 3.05) is 0 Å². The second-order valence-electron chi connectivity index (χ2n) is 3.03. The van der Waals surface area contributed by atoms with Crippen molar-refractivity contribution in [1.82, 2.24) is 0 Å². The van der Waals surface area contributed by atoms with Gasteiger partial charge in [-0.15, -0.1) is 11.3 Å². The second-order valence-corrected chi connectivity index (χ2v) is 4.32. The number of carboxylic acid groups (broad SMARTS) is 1. The standard InChI is InChI=1S/C10H7FO2S/c1-5-2-6-3-8(11)7(10(12)13)4-9(6)14-5/h2-4H,1H3,(H,12,13). The summed E-state index contributed by atoms with van der Waals surface area (Å²) in [6, 6.07) is 4.49. The molecule has 0 aliphatic heterocycles. The Morgan fingerprint density at radius 1 is 1.43 bits per heavy atom. The molecular formula is C10H7FO2S. The Morgan fingerprint density at radius 3 is 2.79 bits per heavy atom. The normalized spacial score (nSPS) is 10.7. The number of hydrogen-bond acceptors (Lipinski definition) is 2. The number of rotatable bonds is 1. The maximum absolute atomic E-state index is 13.2. The third-order valence-electron chi connectivity index (χ3n) is 1.96. The maximum Gasteiger partial charge on any atom is 0.338 e. The Bertz CT molecular complexity index is 516. The highest BCUT2D eigenvalue weighted by molar-refractivity contribution is 7.19. The van der Waals surface area contributed by atoms with Crippen molar-refractivity contribution >= 4 is 27.4 Å². The molecule has 0 saturated carbocycles. The van der Waals surface area contributed by atoms with Crippen LogP contribution in [-0.4, -0.2) is 11.1 Å². The number of halogens is 1. The smallest absolute Gasteiger partial charge is 0.338 e. The molecular weight excluding hydrogens is 203 g/mol. The first-order valence-electron chi connectivity index (χ1n) is 4.01. The SMILES string of the molecule is Cc1cc2cc(F)c(C(=O)O)cc2s1. The van der Waals surface area contributed by atoms with E-state index in [2.05, 4.69) is 0 Å². The van der Waals surface area contributed by atoms with E-state index in [1.165, 1.54) is 23.5 Å². The third kappa shape index (κ3) is 1.37. The molecule has 1 heterocycles. The number of carboxylic acids is 1. The topological polar surface area (TPSA) is 37.3 Å². The summed E-state index contributed by atoms with van der Waals surface area (Å²) < 4.78 is 14.0. The van der Waals surface area contributed by atoms with Gasteiger partial charge in [0.15, 0.2) is 0 Å². The zero-order valence-corrected chi connectivity index (χ0v) is 8.19. The molecule has 0 amide bonds. The molecule has 4 heteroatoms. The van der Waals surface area contributed by atoms with E-state index in [0.29, 0.717) is 0 Å². The first-order valence-corrected chi connectivity index (χ1v) is 4.82. The third-order valence-corrected chi connectivity index (χ3v) is 2.97. The van der Waals surface area contributed by atoms with Crippen LogP contribution in [0.15, 0.2) is 18.2 Å². The summed E-state index contributed by atoms with van der Waals surface area (Å²) in [6.45, 7) is 1.91. The van der Waals surface area contributed by atoms with Crippen LogP contribution in [0.5, 0.6) is 0 Å². The monoisotopic (exact) mass is 210 g/mol. The quantitative estimate of drug-likeness (QED) is 0.785. The molecule has 2 rings (SSSR count). The molecule has 0 unspecified atom stereocenters. The summed E-state index contributed by atoms with van der Waals surface area (Å²) in [6.07, 6.45) is 0. The molecule has 0 aliphatic carbocycles. The average molecular weight is 210 g/mol. The molecule has 1 aromatic heterocycles. The van der Waals surface area contributed by atoms with E-state index in [1.54, 1.807) is 0 Å². The van der Waals surface area contributed by atoms with Gasteiger partial charge in [0.2, 0.25) is 0 Å². The van der Waals surface area contributed by atoms with Crippen LogP contribution in [0.2, 0.25) is 0 Å². The molecule has 0 radical (unpaired) electrons. The predicted molar refractivity (Wildman–Crippen MR) is 53.5 cm³/mol. The van der Waals surface area contributed by atoms with E-state index < -0.39 is 11.8 Å². The van der Waals surface area contributed by atoms with Crippen molar-refractivity contribution in [3.05, 3.63) is 34.5 Å². The van der Waals surface area contributed by atoms with Crippen molar-refractivity contribution in [2.24, 2.45) is 0 Å². The highest BCUT2D eigenvalue weighted by Crippen LogP contribution is 2.27. The van der Waals surface area contributed by atoms with Crippen LogP contribution < -0.4 is 0 Å². The van der Waals surface area contributed by atoms with E-state index in [-0.39, 0.29) is 5.56 Å². The molecule has 0 atom stereocenters. The first kappa shape index (κ1) is 9.15. The van der Waals surface area contributed by atoms with Gasteiger partial charge < -0.3 is 5.11 Å². The van der Waals surface area contributed by atoms with Crippen molar-refractivity contribution in [3.8, 4) is 0 Å². The number of benzene rings is 1. The van der Waals surface area contributed by atoms with Crippen molar-refractivity contribution in [1.29, 1.82) is 0 Å². The predicted octanol–water partition coefficient (Wildman–Crippen LogP) is 3.05. The summed E-state index contributed by atoms with van der Waals surface area (Å²) in [5.74, 6) is -1.90. The van der Waals surface area contributed by atoms with Gasteiger partial charge in [-0.25, -0.2) is 9.18 Å². The fourth-order valence-corrected chi connectivity index (χ4v) is 2.30. The lowest BCUT2D eigenvalue weighted by Gasteiger charge is -1.96. The molecule has 0 spiro atoms. The van der Waals surface area contributed by atoms with Crippen LogP contribution in [0.3, 0.4) is 0 Å². The number of hydrogen-bond donors (Lipinski definition) is 1. The van der Waals surface area contributed by atoms with Crippen LogP contribution in [0, 0.1) is 12.7 Å². The Balaban J connectivity index is 2.76. The highest BCUT2D eigenvalue weighted by atomic mass is 32.1. The van der Waals surface area contributed by atoms with Gasteiger partial charge in [-0.3, -0.25) is 0 Å². The lowest BCUT2D eigenvalue weighted by molar-refractivity contribution is 0.0692. The van der Waals surface area contributed by atoms with E-state index >= 15 is 0 Å². The number of carbonyl (C=O) groups is 1. The van der Waals surface area contributed by atoms with Gasteiger partial charge in [0.05, 0.1) is 5.56 Å². The van der Waals surface area contributed by atoms with Gasteiger partial charge >= 0.3 is 5.97 Å². The average Bonchev–Trinajstić information content (AvgIpc) is 2.42. The summed E-state index contributed by atoms with van der Waals surface area (Å²) in [5, 5.41) is 9.46. The molecule has 2 nitrogen and oxygen atoms in total. The fraction of sp³-hybridized carbons (Fsp3) is 0.100. The Morgan fingerprint density at radius 2 is 2.14 bits per heavy atom. The fourth-order valence-electron chi connectivity index (χ4n) is 1.36. The minimum Gasteiger partial charge on any atom is -0.478 e. The Hall–Kier alpha value is -1.42. The summed E-state index contributed by atoms with van der Waals surface area (Å²) in [4.78, 5) is 11.7.